The maximum absolute atomic E-state index is 12.9. The van der Waals surface area contributed by atoms with Crippen LogP contribution < -0.4 is 0 Å². The Balaban J connectivity index is 4.36. The fourth-order valence-corrected chi connectivity index (χ4v) is 8.87. The Morgan fingerprint density at radius 2 is 0.500 bits per heavy atom. The van der Waals surface area contributed by atoms with Gasteiger partial charge < -0.3 is 14.2 Å². The summed E-state index contributed by atoms with van der Waals surface area (Å²) in [4.78, 5) is 38.3. The fourth-order valence-electron chi connectivity index (χ4n) is 8.87. The third kappa shape index (κ3) is 62.7. The van der Waals surface area contributed by atoms with Crippen LogP contribution in [0.25, 0.3) is 0 Å². The van der Waals surface area contributed by atoms with Gasteiger partial charge in [-0.1, -0.05) is 271 Å². The summed E-state index contributed by atoms with van der Waals surface area (Å²) in [5.74, 6) is -0.931. The molecular formula is C72H120O6. The number of hydrogen-bond donors (Lipinski definition) is 0. The lowest BCUT2D eigenvalue weighted by Crippen LogP contribution is -2.30. The van der Waals surface area contributed by atoms with E-state index in [9.17, 15) is 14.4 Å². The van der Waals surface area contributed by atoms with E-state index in [0.29, 0.717) is 12.8 Å². The molecule has 0 fully saturated rings. The van der Waals surface area contributed by atoms with Crippen molar-refractivity contribution in [2.75, 3.05) is 13.2 Å². The lowest BCUT2D eigenvalue weighted by atomic mass is 10.0. The lowest BCUT2D eigenvalue weighted by Gasteiger charge is -2.18. The summed E-state index contributed by atoms with van der Waals surface area (Å²) in [6, 6.07) is 0. The summed E-state index contributed by atoms with van der Waals surface area (Å²) in [6.45, 7) is 6.39. The highest BCUT2D eigenvalue weighted by atomic mass is 16.6. The normalized spacial score (nSPS) is 12.9. The molecule has 0 spiro atoms. The maximum Gasteiger partial charge on any atom is 0.306 e. The van der Waals surface area contributed by atoms with Gasteiger partial charge in [0.15, 0.2) is 6.10 Å². The van der Waals surface area contributed by atoms with Crippen molar-refractivity contribution in [2.45, 2.75) is 303 Å². The first-order valence-corrected chi connectivity index (χ1v) is 32.5. The molecule has 0 aliphatic carbocycles. The molecule has 0 aromatic heterocycles. The van der Waals surface area contributed by atoms with Crippen molar-refractivity contribution in [2.24, 2.45) is 0 Å². The second-order valence-corrected chi connectivity index (χ2v) is 21.3. The molecule has 6 heteroatoms. The number of hydrogen-bond acceptors (Lipinski definition) is 6. The molecule has 0 aliphatic heterocycles. The van der Waals surface area contributed by atoms with E-state index in [0.717, 1.165) is 128 Å². The van der Waals surface area contributed by atoms with Gasteiger partial charge in [-0.2, -0.15) is 0 Å². The molecule has 78 heavy (non-hydrogen) atoms. The van der Waals surface area contributed by atoms with E-state index in [4.69, 9.17) is 14.2 Å². The van der Waals surface area contributed by atoms with Gasteiger partial charge in [-0.3, -0.25) is 14.4 Å². The van der Waals surface area contributed by atoms with Gasteiger partial charge in [-0.15, -0.1) is 0 Å². The molecule has 0 saturated carbocycles. The Kier molecular flexibility index (Phi) is 61.8. The molecule has 0 aliphatic rings. The van der Waals surface area contributed by atoms with E-state index >= 15 is 0 Å². The van der Waals surface area contributed by atoms with Crippen LogP contribution in [-0.4, -0.2) is 37.2 Å². The lowest BCUT2D eigenvalue weighted by molar-refractivity contribution is -0.167. The van der Waals surface area contributed by atoms with Gasteiger partial charge in [-0.05, 0) is 128 Å². The zero-order valence-corrected chi connectivity index (χ0v) is 50.9. The minimum absolute atomic E-state index is 0.0953. The molecule has 0 heterocycles. The standard InChI is InChI=1S/C72H120O6/c1-4-7-10-13-16-19-22-25-28-30-32-33-34-35-36-37-38-39-41-42-44-47-50-53-56-59-62-65-71(74)77-68-69(67-76-70(73)64-61-58-55-52-49-46-27-24-21-18-15-12-9-6-3)78-72(75)66-63-60-57-54-51-48-45-43-40-31-29-26-23-20-17-14-11-8-5-2/h7-8,10-11,16-17,19-20,24-29,32-33,40,43,48,51,69H,4-6,9,12-15,18,21-23,30-31,34-39,41-42,44-47,49-50,52-68H2,1-3H3/b10-7-,11-8-,19-16-,20-17-,27-24-,28-25-,29-26-,33-32-,43-40-,51-48-. The number of allylic oxidation sites excluding steroid dienone is 20. The number of esters is 3. The third-order valence-electron chi connectivity index (χ3n) is 13.7. The van der Waals surface area contributed by atoms with Gasteiger partial charge in [-0.25, -0.2) is 0 Å². The molecule has 0 radical (unpaired) electrons. The molecule has 444 valence electrons. The molecule has 0 aromatic carbocycles. The van der Waals surface area contributed by atoms with Crippen LogP contribution in [0.15, 0.2) is 122 Å². The van der Waals surface area contributed by atoms with Crippen LogP contribution >= 0.6 is 0 Å². The largest absolute Gasteiger partial charge is 0.462 e. The van der Waals surface area contributed by atoms with E-state index in [-0.39, 0.29) is 37.5 Å². The zero-order valence-electron chi connectivity index (χ0n) is 50.9. The molecule has 6 nitrogen and oxygen atoms in total. The highest BCUT2D eigenvalue weighted by molar-refractivity contribution is 5.71. The van der Waals surface area contributed by atoms with Crippen LogP contribution in [0.5, 0.6) is 0 Å². The van der Waals surface area contributed by atoms with Crippen LogP contribution in [-0.2, 0) is 28.6 Å². The summed E-state index contributed by atoms with van der Waals surface area (Å²) >= 11 is 0. The van der Waals surface area contributed by atoms with Crippen LogP contribution in [0.1, 0.15) is 297 Å². The summed E-state index contributed by atoms with van der Waals surface area (Å²) < 4.78 is 16.9. The summed E-state index contributed by atoms with van der Waals surface area (Å²) in [5, 5.41) is 0. The quantitative estimate of drug-likeness (QED) is 0.0261. The molecule has 1 atom stereocenters. The molecule has 1 unspecified atom stereocenters. The van der Waals surface area contributed by atoms with Gasteiger partial charge in [0, 0.05) is 19.3 Å². The topological polar surface area (TPSA) is 78.9 Å². The van der Waals surface area contributed by atoms with E-state index in [1.165, 1.54) is 128 Å². The Hall–Kier alpha value is -4.19. The summed E-state index contributed by atoms with van der Waals surface area (Å²) in [6.07, 6.45) is 90.6. The van der Waals surface area contributed by atoms with E-state index < -0.39 is 6.10 Å². The fraction of sp³-hybridized carbons (Fsp3) is 0.681. The monoisotopic (exact) mass is 1080 g/mol. The van der Waals surface area contributed by atoms with E-state index in [1.807, 2.05) is 0 Å². The molecule has 0 bridgehead atoms. The molecule has 0 N–H and O–H groups in total. The molecule has 0 rings (SSSR count). The van der Waals surface area contributed by atoms with Crippen molar-refractivity contribution in [3.63, 3.8) is 0 Å². The number of carbonyl (C=O) groups excluding carboxylic acids is 3. The van der Waals surface area contributed by atoms with Crippen molar-refractivity contribution in [3.05, 3.63) is 122 Å². The van der Waals surface area contributed by atoms with E-state index in [1.54, 1.807) is 0 Å². The SMILES string of the molecule is CC/C=C\C/C=C\C/C=C\C/C=C\C/C=C\CCCCCC(=O)OC(COC(=O)CCCCCCC/C=C\CCCCCCC)COC(=O)CCCCCCCCCCCCCCCC/C=C\C/C=C\C/C=C\C/C=C\CC. The Bertz CT molecular complexity index is 1620. The first-order chi connectivity index (χ1) is 38.5. The first kappa shape index (κ1) is 73.8. The zero-order chi connectivity index (χ0) is 56.4. The van der Waals surface area contributed by atoms with E-state index in [2.05, 4.69) is 142 Å². The van der Waals surface area contributed by atoms with Crippen molar-refractivity contribution in [1.82, 2.24) is 0 Å². The summed E-state index contributed by atoms with van der Waals surface area (Å²) in [5.41, 5.74) is 0. The maximum atomic E-state index is 12.9. The van der Waals surface area contributed by atoms with Gasteiger partial charge in [0.2, 0.25) is 0 Å². The highest BCUT2D eigenvalue weighted by Gasteiger charge is 2.19. The molecule has 0 aromatic rings. The van der Waals surface area contributed by atoms with Gasteiger partial charge >= 0.3 is 17.9 Å². The molecule has 0 saturated heterocycles. The smallest absolute Gasteiger partial charge is 0.306 e. The predicted molar refractivity (Wildman–Crippen MR) is 339 cm³/mol. The van der Waals surface area contributed by atoms with Gasteiger partial charge in [0.1, 0.15) is 13.2 Å². The van der Waals surface area contributed by atoms with Gasteiger partial charge in [0.05, 0.1) is 0 Å². The van der Waals surface area contributed by atoms with Crippen LogP contribution in [0.2, 0.25) is 0 Å². The number of rotatable bonds is 58. The van der Waals surface area contributed by atoms with Crippen LogP contribution in [0.3, 0.4) is 0 Å². The second kappa shape index (κ2) is 65.3. The minimum atomic E-state index is -0.803. The van der Waals surface area contributed by atoms with Crippen LogP contribution in [0.4, 0.5) is 0 Å². The molecule has 0 amide bonds. The van der Waals surface area contributed by atoms with Crippen molar-refractivity contribution in [3.8, 4) is 0 Å². The van der Waals surface area contributed by atoms with Crippen molar-refractivity contribution < 1.29 is 28.6 Å². The Morgan fingerprint density at radius 1 is 0.269 bits per heavy atom. The number of ether oxygens (including phenoxy) is 3. The Labute approximate surface area is 482 Å². The second-order valence-electron chi connectivity index (χ2n) is 21.3. The van der Waals surface area contributed by atoms with Gasteiger partial charge in [0.25, 0.3) is 0 Å². The molecular weight excluding hydrogens is 961 g/mol. The Morgan fingerprint density at radius 3 is 0.808 bits per heavy atom. The summed E-state index contributed by atoms with van der Waals surface area (Å²) in [7, 11) is 0. The average molecular weight is 1080 g/mol. The number of carbonyl (C=O) groups is 3. The first-order valence-electron chi connectivity index (χ1n) is 32.5. The average Bonchev–Trinajstić information content (AvgIpc) is 3.44. The predicted octanol–water partition coefficient (Wildman–Crippen LogP) is 22.4. The minimum Gasteiger partial charge on any atom is -0.462 e. The third-order valence-corrected chi connectivity index (χ3v) is 13.7. The van der Waals surface area contributed by atoms with Crippen molar-refractivity contribution >= 4 is 17.9 Å². The number of unbranched alkanes of at least 4 members (excludes halogenated alkanes) is 27. The van der Waals surface area contributed by atoms with Crippen molar-refractivity contribution in [1.29, 1.82) is 0 Å². The van der Waals surface area contributed by atoms with Crippen LogP contribution in [0, 0.1) is 0 Å². The highest BCUT2D eigenvalue weighted by Crippen LogP contribution is 2.16.